The maximum Gasteiger partial charge on any atom is 0.337 e. The predicted octanol–water partition coefficient (Wildman–Crippen LogP) is 5.21. The van der Waals surface area contributed by atoms with Crippen LogP contribution in [0.15, 0.2) is 48.7 Å². The van der Waals surface area contributed by atoms with Crippen molar-refractivity contribution in [3.63, 3.8) is 0 Å². The van der Waals surface area contributed by atoms with Crippen LogP contribution in [-0.2, 0) is 12.8 Å². The second kappa shape index (κ2) is 8.20. The molecule has 4 aromatic rings. The van der Waals surface area contributed by atoms with Crippen molar-refractivity contribution >= 4 is 33.3 Å². The van der Waals surface area contributed by atoms with Gasteiger partial charge in [0, 0.05) is 22.5 Å². The van der Waals surface area contributed by atoms with E-state index in [1.807, 2.05) is 24.3 Å². The number of methoxy groups -OCH3 is 2. The fourth-order valence-electron chi connectivity index (χ4n) is 4.86. The quantitative estimate of drug-likeness (QED) is 0.428. The Morgan fingerprint density at radius 1 is 0.848 bits per heavy atom. The van der Waals surface area contributed by atoms with Crippen molar-refractivity contribution in [2.45, 2.75) is 25.7 Å². The number of carbonyl (C=O) groups excluding carboxylic acids is 1. The van der Waals surface area contributed by atoms with E-state index in [4.69, 9.17) is 9.47 Å². The maximum atomic E-state index is 13.9. The standard InChI is InChI=1S/C27H23NO5/c1-32-23-12-19-20(13-24(23)33-2)25(28-14-22(19)27(30)31)26(29)21-11-15-7-3-4-8-16(15)17-9-5-6-10-18(17)21/h5-6,9-14H,3-4,7-8H2,1-2H3,(H,30,31). The number of rotatable bonds is 5. The lowest BCUT2D eigenvalue weighted by atomic mass is 9.84. The Morgan fingerprint density at radius 2 is 1.52 bits per heavy atom. The Labute approximate surface area is 190 Å². The van der Waals surface area contributed by atoms with Gasteiger partial charge in [0.05, 0.1) is 19.8 Å². The normalized spacial score (nSPS) is 13.0. The Bertz CT molecular complexity index is 1440. The number of aryl methyl sites for hydroxylation is 2. The van der Waals surface area contributed by atoms with Crippen molar-refractivity contribution in [3.8, 4) is 11.5 Å². The summed E-state index contributed by atoms with van der Waals surface area (Å²) >= 11 is 0. The van der Waals surface area contributed by atoms with Gasteiger partial charge in [-0.1, -0.05) is 24.3 Å². The summed E-state index contributed by atoms with van der Waals surface area (Å²) in [4.78, 5) is 30.1. The van der Waals surface area contributed by atoms with Gasteiger partial charge in [0.15, 0.2) is 11.5 Å². The fourth-order valence-corrected chi connectivity index (χ4v) is 4.86. The number of benzene rings is 3. The number of hydrogen-bond acceptors (Lipinski definition) is 5. The molecule has 5 rings (SSSR count). The van der Waals surface area contributed by atoms with Gasteiger partial charge < -0.3 is 14.6 Å². The van der Waals surface area contributed by atoms with Crippen LogP contribution >= 0.6 is 0 Å². The van der Waals surface area contributed by atoms with Crippen LogP contribution in [0.5, 0.6) is 11.5 Å². The molecule has 0 atom stereocenters. The molecular formula is C27H23NO5. The van der Waals surface area contributed by atoms with Gasteiger partial charge in [0.2, 0.25) is 5.78 Å². The van der Waals surface area contributed by atoms with E-state index >= 15 is 0 Å². The van der Waals surface area contributed by atoms with E-state index in [-0.39, 0.29) is 17.0 Å². The first-order chi connectivity index (χ1) is 16.0. The summed E-state index contributed by atoms with van der Waals surface area (Å²) < 4.78 is 10.8. The lowest BCUT2D eigenvalue weighted by Gasteiger charge is -2.20. The minimum Gasteiger partial charge on any atom is -0.493 e. The number of aromatic nitrogens is 1. The van der Waals surface area contributed by atoms with E-state index in [1.54, 1.807) is 12.1 Å². The first-order valence-electron chi connectivity index (χ1n) is 10.9. The summed E-state index contributed by atoms with van der Waals surface area (Å²) in [7, 11) is 2.98. The molecule has 0 fully saturated rings. The molecule has 6 nitrogen and oxygen atoms in total. The number of aromatic carboxylic acids is 1. The average molecular weight is 441 g/mol. The molecule has 166 valence electrons. The number of pyridine rings is 1. The number of hydrogen-bond donors (Lipinski definition) is 1. The van der Waals surface area contributed by atoms with Crippen molar-refractivity contribution in [2.24, 2.45) is 0 Å². The van der Waals surface area contributed by atoms with Gasteiger partial charge in [0.1, 0.15) is 5.69 Å². The third-order valence-corrected chi connectivity index (χ3v) is 6.45. The second-order valence-electron chi connectivity index (χ2n) is 8.22. The van der Waals surface area contributed by atoms with Gasteiger partial charge in [0.25, 0.3) is 0 Å². The molecule has 1 heterocycles. The fraction of sp³-hybridized carbons (Fsp3) is 0.222. The molecule has 1 aromatic heterocycles. The smallest absolute Gasteiger partial charge is 0.337 e. The molecule has 1 aliphatic rings. The topological polar surface area (TPSA) is 85.7 Å². The van der Waals surface area contributed by atoms with Crippen LogP contribution in [0.25, 0.3) is 21.5 Å². The highest BCUT2D eigenvalue weighted by Gasteiger charge is 2.24. The van der Waals surface area contributed by atoms with Crippen LogP contribution in [0.2, 0.25) is 0 Å². The molecule has 1 aliphatic carbocycles. The van der Waals surface area contributed by atoms with E-state index in [9.17, 15) is 14.7 Å². The van der Waals surface area contributed by atoms with Gasteiger partial charge >= 0.3 is 5.97 Å². The Hall–Kier alpha value is -3.93. The molecule has 0 saturated carbocycles. The highest BCUT2D eigenvalue weighted by molar-refractivity contribution is 6.22. The number of carboxylic acid groups (broad SMARTS) is 1. The number of nitrogens with zero attached hydrogens (tertiary/aromatic N) is 1. The second-order valence-corrected chi connectivity index (χ2v) is 8.22. The van der Waals surface area contributed by atoms with Gasteiger partial charge in [-0.15, -0.1) is 0 Å². The third kappa shape index (κ3) is 3.39. The van der Waals surface area contributed by atoms with E-state index in [0.29, 0.717) is 27.8 Å². The first kappa shape index (κ1) is 20.9. The molecule has 0 spiro atoms. The molecule has 6 heteroatoms. The van der Waals surface area contributed by atoms with Crippen molar-refractivity contribution in [1.29, 1.82) is 0 Å². The van der Waals surface area contributed by atoms with Crippen molar-refractivity contribution < 1.29 is 24.2 Å². The Morgan fingerprint density at radius 3 is 2.21 bits per heavy atom. The minimum absolute atomic E-state index is 0.00204. The van der Waals surface area contributed by atoms with Crippen molar-refractivity contribution in [3.05, 3.63) is 76.6 Å². The molecule has 0 bridgehead atoms. The third-order valence-electron chi connectivity index (χ3n) is 6.45. The summed E-state index contributed by atoms with van der Waals surface area (Å²) in [5, 5.41) is 12.5. The molecular weight excluding hydrogens is 418 g/mol. The molecule has 1 N–H and O–H groups in total. The maximum absolute atomic E-state index is 13.9. The zero-order chi connectivity index (χ0) is 23.1. The van der Waals surface area contributed by atoms with E-state index in [2.05, 4.69) is 11.1 Å². The van der Waals surface area contributed by atoms with Gasteiger partial charge in [-0.2, -0.15) is 0 Å². The van der Waals surface area contributed by atoms with E-state index in [0.717, 1.165) is 36.5 Å². The molecule has 0 unspecified atom stereocenters. The molecule has 0 radical (unpaired) electrons. The minimum atomic E-state index is -1.13. The zero-order valence-electron chi connectivity index (χ0n) is 18.5. The molecule has 33 heavy (non-hydrogen) atoms. The molecule has 3 aromatic carbocycles. The van der Waals surface area contributed by atoms with Crippen LogP contribution in [0.3, 0.4) is 0 Å². The van der Waals surface area contributed by atoms with Crippen LogP contribution in [0.1, 0.15) is 50.4 Å². The number of carbonyl (C=O) groups is 2. The van der Waals surface area contributed by atoms with Crippen molar-refractivity contribution in [1.82, 2.24) is 4.98 Å². The molecule has 0 saturated heterocycles. The summed E-state index contributed by atoms with van der Waals surface area (Å²) in [6, 6.07) is 13.2. The Kier molecular flexibility index (Phi) is 5.21. The lowest BCUT2D eigenvalue weighted by Crippen LogP contribution is -2.12. The van der Waals surface area contributed by atoms with Crippen LogP contribution in [0, 0.1) is 0 Å². The number of fused-ring (bicyclic) bond motifs is 4. The first-order valence-corrected chi connectivity index (χ1v) is 10.9. The van der Waals surface area contributed by atoms with E-state index in [1.165, 1.54) is 31.5 Å². The lowest BCUT2D eigenvalue weighted by molar-refractivity contribution is 0.0698. The summed E-state index contributed by atoms with van der Waals surface area (Å²) in [6.07, 6.45) is 5.44. The highest BCUT2D eigenvalue weighted by atomic mass is 16.5. The largest absolute Gasteiger partial charge is 0.493 e. The molecule has 0 amide bonds. The van der Waals surface area contributed by atoms with Crippen molar-refractivity contribution in [2.75, 3.05) is 14.2 Å². The van der Waals surface area contributed by atoms with E-state index < -0.39 is 5.97 Å². The molecule has 0 aliphatic heterocycles. The van der Waals surface area contributed by atoms with Gasteiger partial charge in [-0.3, -0.25) is 9.78 Å². The number of ether oxygens (including phenoxy) is 2. The zero-order valence-corrected chi connectivity index (χ0v) is 18.5. The van der Waals surface area contributed by atoms with Gasteiger partial charge in [-0.25, -0.2) is 4.79 Å². The van der Waals surface area contributed by atoms with Crippen LogP contribution in [0.4, 0.5) is 0 Å². The highest BCUT2D eigenvalue weighted by Crippen LogP contribution is 2.37. The Balaban J connectivity index is 1.79. The monoisotopic (exact) mass is 441 g/mol. The predicted molar refractivity (Wildman–Crippen MR) is 126 cm³/mol. The summed E-state index contributed by atoms with van der Waals surface area (Å²) in [5.74, 6) is -0.582. The summed E-state index contributed by atoms with van der Waals surface area (Å²) in [5.41, 5.74) is 3.29. The van der Waals surface area contributed by atoms with Gasteiger partial charge in [-0.05, 0) is 65.8 Å². The SMILES string of the molecule is COc1cc2c(C(=O)O)cnc(C(=O)c3cc4c(c5ccccc35)CCCC4)c2cc1OC. The van der Waals surface area contributed by atoms with Crippen LogP contribution < -0.4 is 9.47 Å². The summed E-state index contributed by atoms with van der Waals surface area (Å²) in [6.45, 7) is 0. The van der Waals surface area contributed by atoms with Crippen LogP contribution in [-0.4, -0.2) is 36.1 Å². The number of carboxylic acids is 1. The number of ketones is 1. The average Bonchev–Trinajstić information content (AvgIpc) is 2.86.